The van der Waals surface area contributed by atoms with Crippen molar-refractivity contribution in [3.63, 3.8) is 0 Å². The Balaban J connectivity index is 2.07. The minimum absolute atomic E-state index is 0.00966. The van der Waals surface area contributed by atoms with Crippen LogP contribution in [0.3, 0.4) is 0 Å². The normalized spacial score (nSPS) is 15.7. The number of allylic oxidation sites excluding steroid dienone is 3. The van der Waals surface area contributed by atoms with E-state index in [2.05, 4.69) is 80.5 Å². The molecule has 0 saturated carbocycles. The molecule has 1 aliphatic rings. The zero-order valence-electron chi connectivity index (χ0n) is 22.2. The first-order chi connectivity index (χ1) is 16.0. The Morgan fingerprint density at radius 1 is 0.800 bits per heavy atom. The fourth-order valence-electron chi connectivity index (χ4n) is 4.00. The monoisotopic (exact) mass is 516 g/mol. The first-order valence-electron chi connectivity index (χ1n) is 11.8. The Hall–Kier alpha value is -2.14. The van der Waals surface area contributed by atoms with E-state index >= 15 is 0 Å². The molecule has 0 heterocycles. The van der Waals surface area contributed by atoms with Gasteiger partial charge in [-0.1, -0.05) is 74.4 Å². The van der Waals surface area contributed by atoms with Crippen molar-refractivity contribution in [2.75, 3.05) is 0 Å². The van der Waals surface area contributed by atoms with Gasteiger partial charge in [0.05, 0.1) is 4.86 Å². The van der Waals surface area contributed by atoms with E-state index in [0.717, 1.165) is 16.3 Å². The van der Waals surface area contributed by atoms with Crippen molar-refractivity contribution in [1.29, 1.82) is 0 Å². The van der Waals surface area contributed by atoms with Gasteiger partial charge in [-0.25, -0.2) is 0 Å². The fourth-order valence-corrected chi connectivity index (χ4v) is 5.07. The SMILES string of the molecule is CC(C)(C)c1cc(C(C)(C)C)c2cc(OP(O)OC3=CCC(=S(=O)=O)C=C3)c(C(C)(C)C)cc2c1. The molecule has 35 heavy (non-hydrogen) atoms. The van der Waals surface area contributed by atoms with Gasteiger partial charge in [0.25, 0.3) is 0 Å². The molecule has 0 fully saturated rings. The molecule has 1 unspecified atom stereocenters. The highest BCUT2D eigenvalue weighted by molar-refractivity contribution is 7.73. The van der Waals surface area contributed by atoms with E-state index in [9.17, 15) is 13.3 Å². The zero-order chi connectivity index (χ0) is 26.3. The van der Waals surface area contributed by atoms with Gasteiger partial charge in [0.1, 0.15) is 11.5 Å². The van der Waals surface area contributed by atoms with Crippen molar-refractivity contribution >= 4 is 34.5 Å². The highest BCUT2D eigenvalue weighted by Gasteiger charge is 2.27. The quantitative estimate of drug-likeness (QED) is 0.342. The molecule has 1 N–H and O–H groups in total. The van der Waals surface area contributed by atoms with Gasteiger partial charge in [-0.15, -0.1) is 0 Å². The van der Waals surface area contributed by atoms with Crippen LogP contribution in [0.5, 0.6) is 5.75 Å². The van der Waals surface area contributed by atoms with Crippen LogP contribution < -0.4 is 4.52 Å². The van der Waals surface area contributed by atoms with Crippen LogP contribution >= 0.6 is 8.60 Å². The lowest BCUT2D eigenvalue weighted by Crippen LogP contribution is -2.18. The van der Waals surface area contributed by atoms with Crippen LogP contribution in [0.15, 0.2) is 48.3 Å². The first kappa shape index (κ1) is 27.4. The van der Waals surface area contributed by atoms with Gasteiger partial charge in [0.2, 0.25) is 10.3 Å². The molecule has 0 aromatic heterocycles. The standard InChI is InChI=1S/C28H37O5PS/c1-26(2,3)19-14-18-15-24(28(7,8)9)25(17-22(18)23(16-19)27(4,5)6)33-34(29)32-20-10-12-21(13-11-20)35(30)31/h10-12,14-17,29H,13H2,1-9H3. The minimum atomic E-state index is -2.27. The van der Waals surface area contributed by atoms with Crippen LogP contribution in [0, 0.1) is 0 Å². The lowest BCUT2D eigenvalue weighted by atomic mass is 9.76. The van der Waals surface area contributed by atoms with Crippen LogP contribution in [0.4, 0.5) is 0 Å². The highest BCUT2D eigenvalue weighted by atomic mass is 32.2. The average molecular weight is 517 g/mol. The molecule has 1 aliphatic carbocycles. The third kappa shape index (κ3) is 6.55. The maximum Gasteiger partial charge on any atom is 0.460 e. The van der Waals surface area contributed by atoms with Crippen molar-refractivity contribution in [3.05, 3.63) is 64.9 Å². The van der Waals surface area contributed by atoms with E-state index in [-0.39, 0.29) is 27.5 Å². The summed E-state index contributed by atoms with van der Waals surface area (Å²) in [5, 5.41) is 2.24. The summed E-state index contributed by atoms with van der Waals surface area (Å²) in [5.74, 6) is 0.969. The molecule has 0 saturated heterocycles. The summed E-state index contributed by atoms with van der Waals surface area (Å²) in [5.41, 5.74) is 3.17. The van der Waals surface area contributed by atoms with Crippen LogP contribution in [0.25, 0.3) is 10.8 Å². The summed E-state index contributed by atoms with van der Waals surface area (Å²) in [6.45, 7) is 19.6. The van der Waals surface area contributed by atoms with Gasteiger partial charge >= 0.3 is 8.60 Å². The molecular weight excluding hydrogens is 479 g/mol. The summed E-state index contributed by atoms with van der Waals surface area (Å²) in [6, 6.07) is 8.73. The molecule has 2 aromatic carbocycles. The van der Waals surface area contributed by atoms with Crippen LogP contribution in [0.1, 0.15) is 85.4 Å². The second-order valence-corrected chi connectivity index (χ2v) is 13.9. The number of fused-ring (bicyclic) bond motifs is 1. The lowest BCUT2D eigenvalue weighted by molar-refractivity contribution is 0.329. The molecule has 0 bridgehead atoms. The summed E-state index contributed by atoms with van der Waals surface area (Å²) >= 11 is 0. The van der Waals surface area contributed by atoms with Crippen molar-refractivity contribution in [2.24, 2.45) is 0 Å². The summed E-state index contributed by atoms with van der Waals surface area (Å²) in [7, 11) is -4.54. The average Bonchev–Trinajstić information content (AvgIpc) is 2.70. The van der Waals surface area contributed by atoms with Gasteiger partial charge in [-0.3, -0.25) is 0 Å². The Bertz CT molecular complexity index is 1320. The summed E-state index contributed by atoms with van der Waals surface area (Å²) < 4.78 is 33.9. The van der Waals surface area contributed by atoms with Crippen LogP contribution in [-0.4, -0.2) is 18.2 Å². The van der Waals surface area contributed by atoms with E-state index in [1.165, 1.54) is 23.3 Å². The second-order valence-electron chi connectivity index (χ2n) is 12.1. The Labute approximate surface area is 212 Å². The van der Waals surface area contributed by atoms with E-state index in [1.807, 2.05) is 6.07 Å². The summed E-state index contributed by atoms with van der Waals surface area (Å²) in [6.07, 6.45) is 4.84. The van der Waals surface area contributed by atoms with E-state index in [1.54, 1.807) is 6.08 Å². The maximum absolute atomic E-state index is 11.1. The molecular formula is C28H37O5PS. The third-order valence-electron chi connectivity index (χ3n) is 6.05. The highest BCUT2D eigenvalue weighted by Crippen LogP contribution is 2.46. The van der Waals surface area contributed by atoms with Crippen molar-refractivity contribution in [1.82, 2.24) is 0 Å². The predicted molar refractivity (Wildman–Crippen MR) is 147 cm³/mol. The molecule has 5 nitrogen and oxygen atoms in total. The number of hydrogen-bond donors (Lipinski definition) is 1. The molecule has 7 heteroatoms. The predicted octanol–water partition coefficient (Wildman–Crippen LogP) is 7.24. The zero-order valence-corrected chi connectivity index (χ0v) is 23.9. The van der Waals surface area contributed by atoms with Crippen molar-refractivity contribution in [3.8, 4) is 5.75 Å². The van der Waals surface area contributed by atoms with Crippen LogP contribution in [-0.2, 0) is 31.1 Å². The topological polar surface area (TPSA) is 72.8 Å². The van der Waals surface area contributed by atoms with Gasteiger partial charge < -0.3 is 13.9 Å². The van der Waals surface area contributed by atoms with Crippen LogP contribution in [0.2, 0.25) is 0 Å². The smallest absolute Gasteiger partial charge is 0.418 e. The van der Waals surface area contributed by atoms with Gasteiger partial charge in [-0.2, -0.15) is 8.42 Å². The Kier molecular flexibility index (Phi) is 7.63. The Morgan fingerprint density at radius 3 is 1.91 bits per heavy atom. The Morgan fingerprint density at radius 2 is 1.43 bits per heavy atom. The molecule has 0 amide bonds. The van der Waals surface area contributed by atoms with Crippen molar-refractivity contribution in [2.45, 2.75) is 85.0 Å². The molecule has 0 spiro atoms. The van der Waals surface area contributed by atoms with E-state index in [0.29, 0.717) is 11.5 Å². The molecule has 3 rings (SSSR count). The second kappa shape index (κ2) is 9.72. The number of benzene rings is 2. The van der Waals surface area contributed by atoms with E-state index in [4.69, 9.17) is 9.05 Å². The summed E-state index contributed by atoms with van der Waals surface area (Å²) in [4.78, 5) is 11.0. The maximum atomic E-state index is 11.1. The fraction of sp³-hybridized carbons (Fsp3) is 0.464. The molecule has 1 atom stereocenters. The van der Waals surface area contributed by atoms with Gasteiger partial charge in [0, 0.05) is 12.0 Å². The lowest BCUT2D eigenvalue weighted by Gasteiger charge is -2.29. The number of hydrogen-bond acceptors (Lipinski definition) is 5. The molecule has 0 aliphatic heterocycles. The molecule has 0 radical (unpaired) electrons. The molecule has 190 valence electrons. The third-order valence-corrected chi connectivity index (χ3v) is 7.50. The number of rotatable bonds is 4. The van der Waals surface area contributed by atoms with E-state index < -0.39 is 18.9 Å². The largest absolute Gasteiger partial charge is 0.460 e. The molecule has 2 aromatic rings. The van der Waals surface area contributed by atoms with Gasteiger partial charge in [-0.05, 0) is 68.5 Å². The minimum Gasteiger partial charge on any atom is -0.418 e. The van der Waals surface area contributed by atoms with Crippen molar-refractivity contribution < 1.29 is 22.4 Å². The first-order valence-corrected chi connectivity index (χ1v) is 14.0. The van der Waals surface area contributed by atoms with Gasteiger partial charge in [0.15, 0.2) is 0 Å².